The highest BCUT2D eigenvalue weighted by Crippen LogP contribution is 2.27. The van der Waals surface area contributed by atoms with Crippen molar-refractivity contribution < 1.29 is 29.0 Å². The van der Waals surface area contributed by atoms with Crippen molar-refractivity contribution in [1.29, 1.82) is 0 Å². The molecule has 3 amide bonds. The van der Waals surface area contributed by atoms with Crippen molar-refractivity contribution in [3.05, 3.63) is 42.2 Å². The highest BCUT2D eigenvalue weighted by Gasteiger charge is 2.39. The summed E-state index contributed by atoms with van der Waals surface area (Å²) in [7, 11) is 0. The van der Waals surface area contributed by atoms with Crippen molar-refractivity contribution in [1.82, 2.24) is 4.90 Å². The number of amides is 3. The monoisotopic (exact) mass is 373 g/mol. The van der Waals surface area contributed by atoms with Crippen molar-refractivity contribution in [3.63, 3.8) is 0 Å². The van der Waals surface area contributed by atoms with Crippen LogP contribution in [0.1, 0.15) is 17.0 Å². The van der Waals surface area contributed by atoms with Crippen LogP contribution in [0.3, 0.4) is 0 Å². The van der Waals surface area contributed by atoms with Crippen LogP contribution in [0.2, 0.25) is 0 Å². The van der Waals surface area contributed by atoms with E-state index in [9.17, 15) is 19.5 Å². The number of furan rings is 1. The average molecular weight is 373 g/mol. The topological polar surface area (TPSA) is 146 Å². The molecule has 142 valence electrons. The highest BCUT2D eigenvalue weighted by atomic mass is 16.4. The number of carbonyl (C=O) groups excluding carboxylic acids is 3. The molecule has 0 spiro atoms. The molecular formula is C18H19N3O6. The van der Waals surface area contributed by atoms with Crippen molar-refractivity contribution >= 4 is 23.4 Å². The maximum Gasteiger partial charge on any atom is 0.290 e. The number of hydrogen-bond acceptors (Lipinski definition) is 6. The molecule has 5 N–H and O–H groups in total. The van der Waals surface area contributed by atoms with E-state index in [4.69, 9.17) is 15.3 Å². The number of nitrogens with two attached hydrogens (primary N) is 1. The smallest absolute Gasteiger partial charge is 0.290 e. The van der Waals surface area contributed by atoms with E-state index >= 15 is 0 Å². The number of aliphatic hydroxyl groups excluding tert-OH is 2. The van der Waals surface area contributed by atoms with Crippen LogP contribution in [0.5, 0.6) is 0 Å². The van der Waals surface area contributed by atoms with Gasteiger partial charge < -0.3 is 30.6 Å². The zero-order valence-corrected chi connectivity index (χ0v) is 14.3. The van der Waals surface area contributed by atoms with Gasteiger partial charge >= 0.3 is 0 Å². The first-order valence-electron chi connectivity index (χ1n) is 8.28. The molecule has 9 heteroatoms. The van der Waals surface area contributed by atoms with Gasteiger partial charge in [-0.3, -0.25) is 14.4 Å². The molecule has 1 fully saturated rings. The molecule has 0 saturated carbocycles. The Kier molecular flexibility index (Phi) is 5.24. The second-order valence-corrected chi connectivity index (χ2v) is 6.22. The fourth-order valence-electron chi connectivity index (χ4n) is 3.01. The molecule has 1 saturated heterocycles. The third-order valence-electron chi connectivity index (χ3n) is 4.26. The van der Waals surface area contributed by atoms with Gasteiger partial charge in [-0.15, -0.1) is 0 Å². The number of hydrogen-bond donors (Lipinski definition) is 4. The minimum absolute atomic E-state index is 0.00511. The molecule has 0 aliphatic carbocycles. The molecule has 2 heterocycles. The summed E-state index contributed by atoms with van der Waals surface area (Å²) in [4.78, 5) is 36.6. The Morgan fingerprint density at radius 3 is 2.74 bits per heavy atom. The minimum atomic E-state index is -0.877. The molecule has 1 aliphatic heterocycles. The normalized spacial score (nSPS) is 19.1. The lowest BCUT2D eigenvalue weighted by atomic mass is 10.1. The molecular weight excluding hydrogens is 354 g/mol. The molecule has 2 aromatic rings. The van der Waals surface area contributed by atoms with Gasteiger partial charge in [-0.1, -0.05) is 12.1 Å². The Balaban J connectivity index is 1.80. The number of likely N-dealkylation sites (tertiary alicyclic amines) is 1. The summed E-state index contributed by atoms with van der Waals surface area (Å²) in [5.41, 5.74) is 6.38. The number of nitrogens with zero attached hydrogens (tertiary/aromatic N) is 1. The molecule has 9 nitrogen and oxygen atoms in total. The van der Waals surface area contributed by atoms with Crippen LogP contribution >= 0.6 is 0 Å². The Hall–Kier alpha value is -3.17. The van der Waals surface area contributed by atoms with E-state index in [0.29, 0.717) is 17.0 Å². The van der Waals surface area contributed by atoms with Crippen LogP contribution in [-0.2, 0) is 9.59 Å². The van der Waals surface area contributed by atoms with Crippen LogP contribution in [0.15, 0.2) is 40.8 Å². The zero-order chi connectivity index (χ0) is 19.6. The fourth-order valence-corrected chi connectivity index (χ4v) is 3.01. The van der Waals surface area contributed by atoms with Crippen LogP contribution in [0.4, 0.5) is 5.69 Å². The number of carbonyl (C=O) groups is 3. The fraction of sp³-hybridized carbons (Fsp3) is 0.278. The first-order chi connectivity index (χ1) is 12.9. The van der Waals surface area contributed by atoms with E-state index in [1.165, 1.54) is 11.0 Å². The van der Waals surface area contributed by atoms with Crippen LogP contribution in [-0.4, -0.2) is 58.1 Å². The van der Waals surface area contributed by atoms with Gasteiger partial charge in [0, 0.05) is 24.2 Å². The Labute approximate surface area is 154 Å². The summed E-state index contributed by atoms with van der Waals surface area (Å²) in [6.07, 6.45) is -0.714. The Bertz CT molecular complexity index is 877. The van der Waals surface area contributed by atoms with Gasteiger partial charge in [-0.25, -0.2) is 0 Å². The summed E-state index contributed by atoms with van der Waals surface area (Å²) in [6, 6.07) is 8.88. The first-order valence-corrected chi connectivity index (χ1v) is 8.28. The maximum absolute atomic E-state index is 12.6. The predicted molar refractivity (Wildman–Crippen MR) is 94.5 cm³/mol. The van der Waals surface area contributed by atoms with Gasteiger partial charge in [0.2, 0.25) is 11.8 Å². The number of rotatable bonds is 5. The van der Waals surface area contributed by atoms with Gasteiger partial charge in [0.25, 0.3) is 5.91 Å². The standard InChI is InChI=1S/C18H19N3O6/c19-17(25)13-7-12(23)8-21(13)18(26)15-5-4-14(27-15)10-2-1-3-11(6-10)20-16(24)9-22/h1-6,12-13,22-23H,7-9H2,(H2,19,25)(H,20,24)/t12-,13+/m1/s1. The number of primary amides is 1. The van der Waals surface area contributed by atoms with Crippen LogP contribution in [0, 0.1) is 0 Å². The summed E-state index contributed by atoms with van der Waals surface area (Å²) in [5, 5.41) is 21.1. The van der Waals surface area contributed by atoms with Crippen molar-refractivity contribution in [3.8, 4) is 11.3 Å². The second kappa shape index (κ2) is 7.60. The van der Waals surface area contributed by atoms with Gasteiger partial charge in [-0.05, 0) is 24.3 Å². The van der Waals surface area contributed by atoms with Gasteiger partial charge in [0.1, 0.15) is 18.4 Å². The van der Waals surface area contributed by atoms with Gasteiger partial charge in [0.15, 0.2) is 5.76 Å². The summed E-state index contributed by atoms with van der Waals surface area (Å²) in [5.74, 6) is -1.37. The van der Waals surface area contributed by atoms with E-state index in [1.807, 2.05) is 0 Å². The largest absolute Gasteiger partial charge is 0.451 e. The summed E-state index contributed by atoms with van der Waals surface area (Å²) >= 11 is 0. The Morgan fingerprint density at radius 2 is 2.04 bits per heavy atom. The minimum Gasteiger partial charge on any atom is -0.451 e. The Morgan fingerprint density at radius 1 is 1.26 bits per heavy atom. The van der Waals surface area contributed by atoms with Crippen LogP contribution in [0.25, 0.3) is 11.3 Å². The number of anilines is 1. The lowest BCUT2D eigenvalue weighted by molar-refractivity contribution is -0.121. The zero-order valence-electron chi connectivity index (χ0n) is 14.3. The van der Waals surface area contributed by atoms with Crippen molar-refractivity contribution in [2.45, 2.75) is 18.6 Å². The lowest BCUT2D eigenvalue weighted by Gasteiger charge is -2.20. The van der Waals surface area contributed by atoms with Gasteiger partial charge in [-0.2, -0.15) is 0 Å². The molecule has 2 atom stereocenters. The average Bonchev–Trinajstić information content (AvgIpc) is 3.28. The quantitative estimate of drug-likeness (QED) is 0.577. The second-order valence-electron chi connectivity index (χ2n) is 6.22. The van der Waals surface area contributed by atoms with Crippen molar-refractivity contribution in [2.24, 2.45) is 5.73 Å². The highest BCUT2D eigenvalue weighted by molar-refractivity contribution is 5.96. The molecule has 3 rings (SSSR count). The first kappa shape index (κ1) is 18.6. The number of aliphatic hydroxyl groups is 2. The molecule has 0 bridgehead atoms. The maximum atomic E-state index is 12.6. The number of nitrogens with one attached hydrogen (secondary N) is 1. The molecule has 27 heavy (non-hydrogen) atoms. The van der Waals surface area contributed by atoms with E-state index in [1.54, 1.807) is 30.3 Å². The lowest BCUT2D eigenvalue weighted by Crippen LogP contribution is -2.43. The number of β-amino-alcohol motifs (C(OH)–C–C–N with tert-alkyl or cyclic N) is 1. The van der Waals surface area contributed by atoms with E-state index < -0.39 is 36.5 Å². The van der Waals surface area contributed by atoms with E-state index in [0.717, 1.165) is 0 Å². The van der Waals surface area contributed by atoms with Crippen LogP contribution < -0.4 is 11.1 Å². The molecule has 1 aromatic heterocycles. The molecule has 0 radical (unpaired) electrons. The summed E-state index contributed by atoms with van der Waals surface area (Å²) < 4.78 is 5.61. The van der Waals surface area contributed by atoms with E-state index in [2.05, 4.69) is 5.32 Å². The third kappa shape index (κ3) is 3.99. The molecule has 1 aromatic carbocycles. The third-order valence-corrected chi connectivity index (χ3v) is 4.26. The molecule has 1 aliphatic rings. The van der Waals surface area contributed by atoms with Gasteiger partial charge in [0.05, 0.1) is 6.10 Å². The summed E-state index contributed by atoms with van der Waals surface area (Å²) in [6.45, 7) is -0.627. The van der Waals surface area contributed by atoms with Crippen molar-refractivity contribution in [2.75, 3.05) is 18.5 Å². The SMILES string of the molecule is NC(=O)[C@@H]1C[C@@H](O)CN1C(=O)c1ccc(-c2cccc(NC(=O)CO)c2)o1. The molecule has 0 unspecified atom stereocenters. The predicted octanol–water partition coefficient (Wildman–Crippen LogP) is -0.0619. The van der Waals surface area contributed by atoms with E-state index in [-0.39, 0.29) is 18.7 Å². The number of benzene rings is 1.